The molecule has 1 amide bonds. The van der Waals surface area contributed by atoms with E-state index in [1.165, 1.54) is 9.75 Å². The molecule has 0 radical (unpaired) electrons. The number of piperazine rings is 1. The summed E-state index contributed by atoms with van der Waals surface area (Å²) in [4.78, 5) is 22.3. The van der Waals surface area contributed by atoms with E-state index in [1.807, 2.05) is 13.0 Å². The van der Waals surface area contributed by atoms with Crippen LogP contribution in [0.4, 0.5) is 0 Å². The largest absolute Gasteiger partial charge is 0.351 e. The molecule has 2 N–H and O–H groups in total. The van der Waals surface area contributed by atoms with Gasteiger partial charge in [-0.1, -0.05) is 5.16 Å². The molecule has 4 rings (SSSR count). The molecule has 0 atom stereocenters. The molecule has 3 aromatic rings. The first-order chi connectivity index (χ1) is 13.5. The van der Waals surface area contributed by atoms with Crippen molar-refractivity contribution in [1.82, 2.24) is 25.7 Å². The first-order valence-electron chi connectivity index (χ1n) is 9.58. The third-order valence-electron chi connectivity index (χ3n) is 5.10. The molecule has 1 fully saturated rings. The van der Waals surface area contributed by atoms with Crippen molar-refractivity contribution in [3.8, 4) is 11.3 Å². The Morgan fingerprint density at radius 3 is 2.72 bits per heavy atom. The van der Waals surface area contributed by atoms with Crippen LogP contribution in [0.15, 0.2) is 16.7 Å². The summed E-state index contributed by atoms with van der Waals surface area (Å²) in [6, 6.07) is 3.96. The zero-order chi connectivity index (χ0) is 19.7. The minimum absolute atomic E-state index is 0. The summed E-state index contributed by atoms with van der Waals surface area (Å²) in [5, 5.41) is 11.1. The number of amides is 1. The summed E-state index contributed by atoms with van der Waals surface area (Å²) >= 11 is 1.72. The van der Waals surface area contributed by atoms with Crippen molar-refractivity contribution in [2.45, 2.75) is 20.8 Å². The van der Waals surface area contributed by atoms with Crippen LogP contribution in [0.25, 0.3) is 22.4 Å². The minimum Gasteiger partial charge on any atom is -0.351 e. The highest BCUT2D eigenvalue weighted by molar-refractivity contribution is 7.12. The molecule has 7 nitrogen and oxygen atoms in total. The van der Waals surface area contributed by atoms with Gasteiger partial charge < -0.3 is 15.2 Å². The lowest BCUT2D eigenvalue weighted by Gasteiger charge is -2.27. The Balaban J connectivity index is 0.00000240. The average Bonchev–Trinajstić information content (AvgIpc) is 3.23. The van der Waals surface area contributed by atoms with Gasteiger partial charge in [0.15, 0.2) is 0 Å². The van der Waals surface area contributed by atoms with Crippen LogP contribution in [0.5, 0.6) is 0 Å². The van der Waals surface area contributed by atoms with Gasteiger partial charge in [0, 0.05) is 54.6 Å². The predicted octanol–water partition coefficient (Wildman–Crippen LogP) is 2.93. The number of aryl methyl sites for hydroxylation is 3. The Kier molecular flexibility index (Phi) is 6.89. The Labute approximate surface area is 180 Å². The van der Waals surface area contributed by atoms with Gasteiger partial charge in [0.2, 0.25) is 0 Å². The number of aromatic nitrogens is 2. The number of pyridine rings is 1. The summed E-state index contributed by atoms with van der Waals surface area (Å²) < 4.78 is 5.40. The summed E-state index contributed by atoms with van der Waals surface area (Å²) in [5.74, 6) is -0.111. The van der Waals surface area contributed by atoms with Crippen molar-refractivity contribution < 1.29 is 9.32 Å². The van der Waals surface area contributed by atoms with Gasteiger partial charge in [0.1, 0.15) is 0 Å². The van der Waals surface area contributed by atoms with Crippen LogP contribution in [0.2, 0.25) is 0 Å². The van der Waals surface area contributed by atoms with Gasteiger partial charge in [0.05, 0.1) is 22.3 Å². The Bertz CT molecular complexity index is 1010. The van der Waals surface area contributed by atoms with Crippen LogP contribution in [0.1, 0.15) is 25.8 Å². The second-order valence-electron chi connectivity index (χ2n) is 7.18. The van der Waals surface area contributed by atoms with Gasteiger partial charge in [0.25, 0.3) is 11.6 Å². The lowest BCUT2D eigenvalue weighted by molar-refractivity contribution is 0.0949. The first-order valence-corrected chi connectivity index (χ1v) is 10.4. The number of carbonyl (C=O) groups is 1. The van der Waals surface area contributed by atoms with Crippen molar-refractivity contribution in [3.63, 3.8) is 0 Å². The standard InChI is InChI=1S/C20H25N5O2S.ClH/c1-12-10-15(14(3)28-12)17-11-16(18-13(2)24-27-20(18)23-17)19(26)22-6-9-25-7-4-21-5-8-25;/h10-11,21H,4-9H2,1-3H3,(H,22,26);1H. The molecule has 0 saturated carbocycles. The number of nitrogens with zero attached hydrogens (tertiary/aromatic N) is 3. The molecule has 0 bridgehead atoms. The van der Waals surface area contributed by atoms with Gasteiger partial charge in [-0.3, -0.25) is 9.69 Å². The number of hydrogen-bond acceptors (Lipinski definition) is 7. The zero-order valence-electron chi connectivity index (χ0n) is 16.9. The number of hydrogen-bond donors (Lipinski definition) is 2. The van der Waals surface area contributed by atoms with Crippen LogP contribution in [0.3, 0.4) is 0 Å². The number of fused-ring (bicyclic) bond motifs is 1. The van der Waals surface area contributed by atoms with Crippen LogP contribution < -0.4 is 10.6 Å². The van der Waals surface area contributed by atoms with Crippen molar-refractivity contribution in [2.75, 3.05) is 39.3 Å². The molecular formula is C20H26ClN5O2S. The third-order valence-corrected chi connectivity index (χ3v) is 6.07. The maximum Gasteiger partial charge on any atom is 0.259 e. The maximum atomic E-state index is 13.0. The molecule has 3 aromatic heterocycles. The molecule has 0 unspecified atom stereocenters. The van der Waals surface area contributed by atoms with E-state index in [-0.39, 0.29) is 18.3 Å². The van der Waals surface area contributed by atoms with Crippen molar-refractivity contribution in [1.29, 1.82) is 0 Å². The van der Waals surface area contributed by atoms with E-state index in [9.17, 15) is 4.79 Å². The Hall–Kier alpha value is -2.00. The van der Waals surface area contributed by atoms with E-state index >= 15 is 0 Å². The van der Waals surface area contributed by atoms with Gasteiger partial charge >= 0.3 is 0 Å². The Morgan fingerprint density at radius 2 is 2.03 bits per heavy atom. The van der Waals surface area contributed by atoms with E-state index in [1.54, 1.807) is 11.3 Å². The number of thiophene rings is 1. The van der Waals surface area contributed by atoms with Crippen molar-refractivity contribution in [3.05, 3.63) is 33.1 Å². The fraction of sp³-hybridized carbons (Fsp3) is 0.450. The van der Waals surface area contributed by atoms with Gasteiger partial charge in [-0.15, -0.1) is 23.7 Å². The van der Waals surface area contributed by atoms with Crippen LogP contribution in [0, 0.1) is 20.8 Å². The quantitative estimate of drug-likeness (QED) is 0.641. The summed E-state index contributed by atoms with van der Waals surface area (Å²) in [6.45, 7) is 11.5. The highest BCUT2D eigenvalue weighted by atomic mass is 35.5. The molecule has 1 aliphatic rings. The lowest BCUT2D eigenvalue weighted by atomic mass is 10.1. The molecule has 0 aromatic carbocycles. The van der Waals surface area contributed by atoms with Crippen LogP contribution >= 0.6 is 23.7 Å². The molecule has 4 heterocycles. The van der Waals surface area contributed by atoms with E-state index in [4.69, 9.17) is 4.52 Å². The average molecular weight is 436 g/mol. The topological polar surface area (TPSA) is 83.3 Å². The van der Waals surface area contributed by atoms with Gasteiger partial charge in [-0.05, 0) is 32.9 Å². The first kappa shape index (κ1) is 21.7. The molecule has 0 spiro atoms. The predicted molar refractivity (Wildman–Crippen MR) is 118 cm³/mol. The number of rotatable bonds is 5. The number of halogens is 1. The highest BCUT2D eigenvalue weighted by Gasteiger charge is 2.20. The van der Waals surface area contributed by atoms with E-state index in [0.717, 1.165) is 44.0 Å². The normalized spacial score (nSPS) is 14.7. The molecule has 9 heteroatoms. The van der Waals surface area contributed by atoms with E-state index in [0.29, 0.717) is 28.9 Å². The molecule has 156 valence electrons. The maximum absolute atomic E-state index is 13.0. The molecule has 29 heavy (non-hydrogen) atoms. The highest BCUT2D eigenvalue weighted by Crippen LogP contribution is 2.32. The monoisotopic (exact) mass is 435 g/mol. The molecular weight excluding hydrogens is 410 g/mol. The van der Waals surface area contributed by atoms with Gasteiger partial charge in [-0.2, -0.15) is 0 Å². The minimum atomic E-state index is -0.111. The number of nitrogens with one attached hydrogen (secondary N) is 2. The Morgan fingerprint density at radius 1 is 1.28 bits per heavy atom. The number of carbonyl (C=O) groups excluding carboxylic acids is 1. The second kappa shape index (κ2) is 9.21. The fourth-order valence-electron chi connectivity index (χ4n) is 3.65. The molecule has 1 saturated heterocycles. The van der Waals surface area contributed by atoms with Gasteiger partial charge in [-0.25, -0.2) is 4.98 Å². The fourth-order valence-corrected chi connectivity index (χ4v) is 4.59. The van der Waals surface area contributed by atoms with Crippen LogP contribution in [-0.4, -0.2) is 60.2 Å². The molecule has 1 aliphatic heterocycles. The summed E-state index contributed by atoms with van der Waals surface area (Å²) in [5.41, 5.74) is 3.44. The lowest BCUT2D eigenvalue weighted by Crippen LogP contribution is -2.46. The van der Waals surface area contributed by atoms with Crippen LogP contribution in [-0.2, 0) is 0 Å². The SMILES string of the molecule is Cc1cc(-c2cc(C(=O)NCCN3CCNCC3)c3c(C)noc3n2)c(C)s1.Cl. The van der Waals surface area contributed by atoms with Crippen molar-refractivity contribution in [2.24, 2.45) is 0 Å². The van der Waals surface area contributed by atoms with E-state index in [2.05, 4.69) is 45.6 Å². The van der Waals surface area contributed by atoms with E-state index < -0.39 is 0 Å². The summed E-state index contributed by atoms with van der Waals surface area (Å²) in [7, 11) is 0. The molecule has 0 aliphatic carbocycles. The second-order valence-corrected chi connectivity index (χ2v) is 8.64. The smallest absolute Gasteiger partial charge is 0.259 e. The summed E-state index contributed by atoms with van der Waals surface area (Å²) in [6.07, 6.45) is 0. The third kappa shape index (κ3) is 4.61. The zero-order valence-corrected chi connectivity index (χ0v) is 18.5. The van der Waals surface area contributed by atoms with Crippen molar-refractivity contribution >= 4 is 40.8 Å².